The summed E-state index contributed by atoms with van der Waals surface area (Å²) in [5.74, 6) is -2.10. The minimum atomic E-state index is -0.892. The lowest BCUT2D eigenvalue weighted by Crippen LogP contribution is -2.05. The first-order chi connectivity index (χ1) is 7.13. The SMILES string of the molecule is CCOC(=O)CCc1ccc(F)c(F)c1. The van der Waals surface area contributed by atoms with E-state index >= 15 is 0 Å². The molecule has 0 atom stereocenters. The Hall–Kier alpha value is -1.45. The second-order valence-electron chi connectivity index (χ2n) is 3.05. The lowest BCUT2D eigenvalue weighted by Gasteiger charge is -2.02. The van der Waals surface area contributed by atoms with Crippen molar-refractivity contribution >= 4 is 5.97 Å². The van der Waals surface area contributed by atoms with Crippen LogP contribution in [0.25, 0.3) is 0 Å². The van der Waals surface area contributed by atoms with Gasteiger partial charge >= 0.3 is 5.97 Å². The fraction of sp³-hybridized carbons (Fsp3) is 0.364. The van der Waals surface area contributed by atoms with Crippen LogP contribution in [0.4, 0.5) is 8.78 Å². The maximum atomic E-state index is 12.8. The molecular formula is C11H12F2O2. The van der Waals surface area contributed by atoms with Gasteiger partial charge < -0.3 is 4.74 Å². The Bertz CT molecular complexity index is 350. The summed E-state index contributed by atoms with van der Waals surface area (Å²) in [5, 5.41) is 0. The Morgan fingerprint density at radius 2 is 2.07 bits per heavy atom. The van der Waals surface area contributed by atoms with Gasteiger partial charge in [-0.25, -0.2) is 8.78 Å². The first kappa shape index (κ1) is 11.6. The Morgan fingerprint density at radius 3 is 2.67 bits per heavy atom. The number of hydrogen-bond donors (Lipinski definition) is 0. The molecule has 2 nitrogen and oxygen atoms in total. The van der Waals surface area contributed by atoms with Gasteiger partial charge in [-0.1, -0.05) is 6.07 Å². The molecule has 1 aromatic carbocycles. The summed E-state index contributed by atoms with van der Waals surface area (Å²) in [4.78, 5) is 11.0. The van der Waals surface area contributed by atoms with Crippen molar-refractivity contribution < 1.29 is 18.3 Å². The van der Waals surface area contributed by atoms with Gasteiger partial charge in [0.05, 0.1) is 6.61 Å². The molecule has 0 fully saturated rings. The van der Waals surface area contributed by atoms with Crippen molar-refractivity contribution in [1.82, 2.24) is 0 Å². The lowest BCUT2D eigenvalue weighted by atomic mass is 10.1. The molecule has 0 N–H and O–H groups in total. The van der Waals surface area contributed by atoms with E-state index in [9.17, 15) is 13.6 Å². The number of ether oxygens (including phenoxy) is 1. The molecule has 1 aromatic rings. The topological polar surface area (TPSA) is 26.3 Å². The highest BCUT2D eigenvalue weighted by atomic mass is 19.2. The number of aryl methyl sites for hydroxylation is 1. The van der Waals surface area contributed by atoms with Crippen LogP contribution >= 0.6 is 0 Å². The van der Waals surface area contributed by atoms with Gasteiger partial charge in [-0.3, -0.25) is 4.79 Å². The van der Waals surface area contributed by atoms with Crippen molar-refractivity contribution in [2.45, 2.75) is 19.8 Å². The predicted octanol–water partition coefficient (Wildman–Crippen LogP) is 2.46. The third-order valence-corrected chi connectivity index (χ3v) is 1.91. The molecular weight excluding hydrogens is 202 g/mol. The summed E-state index contributed by atoms with van der Waals surface area (Å²) in [5.41, 5.74) is 0.585. The van der Waals surface area contributed by atoms with Crippen LogP contribution in [0.1, 0.15) is 18.9 Å². The van der Waals surface area contributed by atoms with E-state index < -0.39 is 11.6 Å². The van der Waals surface area contributed by atoms with Crippen LogP contribution in [-0.2, 0) is 16.0 Å². The number of halogens is 2. The standard InChI is InChI=1S/C11H12F2O2/c1-2-15-11(14)6-4-8-3-5-9(12)10(13)7-8/h3,5,7H,2,4,6H2,1H3. The summed E-state index contributed by atoms with van der Waals surface area (Å²) in [6, 6.07) is 3.60. The minimum Gasteiger partial charge on any atom is -0.466 e. The van der Waals surface area contributed by atoms with Gasteiger partial charge in [-0.2, -0.15) is 0 Å². The Kier molecular flexibility index (Phi) is 4.21. The highest BCUT2D eigenvalue weighted by Crippen LogP contribution is 2.10. The van der Waals surface area contributed by atoms with Crippen molar-refractivity contribution in [2.24, 2.45) is 0 Å². The molecule has 0 saturated heterocycles. The van der Waals surface area contributed by atoms with Gasteiger partial charge in [-0.05, 0) is 31.0 Å². The largest absolute Gasteiger partial charge is 0.466 e. The van der Waals surface area contributed by atoms with Crippen LogP contribution in [0, 0.1) is 11.6 Å². The van der Waals surface area contributed by atoms with Gasteiger partial charge in [0.1, 0.15) is 0 Å². The van der Waals surface area contributed by atoms with E-state index in [2.05, 4.69) is 0 Å². The first-order valence-corrected chi connectivity index (χ1v) is 4.73. The third-order valence-electron chi connectivity index (χ3n) is 1.91. The molecule has 0 amide bonds. The van der Waals surface area contributed by atoms with Gasteiger partial charge in [0.2, 0.25) is 0 Å². The van der Waals surface area contributed by atoms with Gasteiger partial charge in [0, 0.05) is 6.42 Å². The summed E-state index contributed by atoms with van der Waals surface area (Å²) < 4.78 is 30.0. The van der Waals surface area contributed by atoms with Crippen molar-refractivity contribution in [3.8, 4) is 0 Å². The summed E-state index contributed by atoms with van der Waals surface area (Å²) in [7, 11) is 0. The van der Waals surface area contributed by atoms with E-state index in [0.717, 1.165) is 12.1 Å². The highest BCUT2D eigenvalue weighted by Gasteiger charge is 2.05. The van der Waals surface area contributed by atoms with Crippen molar-refractivity contribution in [3.05, 3.63) is 35.4 Å². The van der Waals surface area contributed by atoms with Crippen LogP contribution in [0.15, 0.2) is 18.2 Å². The normalized spacial score (nSPS) is 10.1. The van der Waals surface area contributed by atoms with Crippen LogP contribution in [0.3, 0.4) is 0 Å². The zero-order chi connectivity index (χ0) is 11.3. The Labute approximate surface area is 86.9 Å². The van der Waals surface area contributed by atoms with E-state index in [1.807, 2.05) is 0 Å². The second-order valence-corrected chi connectivity index (χ2v) is 3.05. The van der Waals surface area contributed by atoms with E-state index in [1.165, 1.54) is 6.07 Å². The molecule has 4 heteroatoms. The molecule has 0 saturated carbocycles. The summed E-state index contributed by atoms with van der Waals surface area (Å²) >= 11 is 0. The van der Waals surface area contributed by atoms with Crippen molar-refractivity contribution in [3.63, 3.8) is 0 Å². The van der Waals surface area contributed by atoms with Crippen LogP contribution in [0.5, 0.6) is 0 Å². The average molecular weight is 214 g/mol. The van der Waals surface area contributed by atoms with Gasteiger partial charge in [0.25, 0.3) is 0 Å². The van der Waals surface area contributed by atoms with E-state index in [-0.39, 0.29) is 12.4 Å². The molecule has 0 heterocycles. The molecule has 0 aliphatic carbocycles. The van der Waals surface area contributed by atoms with Crippen LogP contribution < -0.4 is 0 Å². The monoisotopic (exact) mass is 214 g/mol. The van der Waals surface area contributed by atoms with Crippen LogP contribution in [0.2, 0.25) is 0 Å². The molecule has 0 aliphatic rings. The molecule has 0 radical (unpaired) electrons. The third kappa shape index (κ3) is 3.65. The predicted molar refractivity (Wildman–Crippen MR) is 51.3 cm³/mol. The van der Waals surface area contributed by atoms with E-state index in [0.29, 0.717) is 18.6 Å². The first-order valence-electron chi connectivity index (χ1n) is 4.73. The maximum Gasteiger partial charge on any atom is 0.306 e. The molecule has 15 heavy (non-hydrogen) atoms. The number of hydrogen-bond acceptors (Lipinski definition) is 2. The minimum absolute atomic E-state index is 0.179. The zero-order valence-electron chi connectivity index (χ0n) is 8.43. The van der Waals surface area contributed by atoms with Crippen LogP contribution in [-0.4, -0.2) is 12.6 Å². The number of benzene rings is 1. The Morgan fingerprint density at radius 1 is 1.33 bits per heavy atom. The maximum absolute atomic E-state index is 12.8. The van der Waals surface area contributed by atoms with Crippen molar-refractivity contribution in [1.29, 1.82) is 0 Å². The Balaban J connectivity index is 2.51. The molecule has 0 aromatic heterocycles. The number of esters is 1. The average Bonchev–Trinajstić information content (AvgIpc) is 2.20. The second kappa shape index (κ2) is 5.44. The van der Waals surface area contributed by atoms with Gasteiger partial charge in [-0.15, -0.1) is 0 Å². The molecule has 0 spiro atoms. The number of carbonyl (C=O) groups is 1. The fourth-order valence-electron chi connectivity index (χ4n) is 1.17. The smallest absolute Gasteiger partial charge is 0.306 e. The van der Waals surface area contributed by atoms with E-state index in [4.69, 9.17) is 4.74 Å². The van der Waals surface area contributed by atoms with E-state index in [1.54, 1.807) is 6.92 Å². The number of carbonyl (C=O) groups excluding carboxylic acids is 1. The zero-order valence-corrected chi connectivity index (χ0v) is 8.43. The summed E-state index contributed by atoms with van der Waals surface area (Å²) in [6.45, 7) is 2.05. The molecule has 1 rings (SSSR count). The van der Waals surface area contributed by atoms with Crippen molar-refractivity contribution in [2.75, 3.05) is 6.61 Å². The lowest BCUT2D eigenvalue weighted by molar-refractivity contribution is -0.143. The quantitative estimate of drug-likeness (QED) is 0.719. The molecule has 82 valence electrons. The van der Waals surface area contributed by atoms with Gasteiger partial charge in [0.15, 0.2) is 11.6 Å². The molecule has 0 unspecified atom stereocenters. The summed E-state index contributed by atoms with van der Waals surface area (Å²) in [6.07, 6.45) is 0.537. The fourth-order valence-corrected chi connectivity index (χ4v) is 1.17. The number of rotatable bonds is 4. The molecule has 0 aliphatic heterocycles. The highest BCUT2D eigenvalue weighted by molar-refractivity contribution is 5.69. The molecule has 0 bridgehead atoms.